The molecule has 144 valence electrons. The standard InChI is InChI=1S/C22H19N5O2/c1-15(28)25-19-8-5-9-20(11-19)26-22(29)18-10-17-13-24-27(21(17)23-12-18)14-16-6-3-2-4-7-16/h2-13H,14H2,1H3,(H,25,28)(H,26,29). The van der Waals surface area contributed by atoms with Crippen molar-refractivity contribution in [1.82, 2.24) is 14.8 Å². The molecule has 0 bridgehead atoms. The Labute approximate surface area is 167 Å². The van der Waals surface area contributed by atoms with Crippen molar-refractivity contribution in [1.29, 1.82) is 0 Å². The highest BCUT2D eigenvalue weighted by molar-refractivity contribution is 6.06. The fraction of sp³-hybridized carbons (Fsp3) is 0.0909. The third kappa shape index (κ3) is 4.30. The molecule has 2 N–H and O–H groups in total. The molecule has 0 aliphatic carbocycles. The van der Waals surface area contributed by atoms with Gasteiger partial charge in [-0.2, -0.15) is 5.10 Å². The monoisotopic (exact) mass is 385 g/mol. The lowest BCUT2D eigenvalue weighted by Gasteiger charge is -2.08. The molecule has 0 spiro atoms. The molecule has 4 rings (SSSR count). The van der Waals surface area contributed by atoms with Gasteiger partial charge < -0.3 is 10.6 Å². The van der Waals surface area contributed by atoms with Crippen LogP contribution in [0.1, 0.15) is 22.8 Å². The van der Waals surface area contributed by atoms with E-state index in [2.05, 4.69) is 20.7 Å². The summed E-state index contributed by atoms with van der Waals surface area (Å²) in [6.45, 7) is 2.04. The molecule has 0 unspecified atom stereocenters. The maximum atomic E-state index is 12.6. The maximum Gasteiger partial charge on any atom is 0.257 e. The van der Waals surface area contributed by atoms with Crippen LogP contribution in [0.4, 0.5) is 11.4 Å². The van der Waals surface area contributed by atoms with Crippen LogP contribution < -0.4 is 10.6 Å². The van der Waals surface area contributed by atoms with Crippen molar-refractivity contribution < 1.29 is 9.59 Å². The molecule has 2 aromatic heterocycles. The van der Waals surface area contributed by atoms with Crippen LogP contribution in [-0.4, -0.2) is 26.6 Å². The first-order valence-electron chi connectivity index (χ1n) is 9.13. The molecule has 0 aliphatic rings. The van der Waals surface area contributed by atoms with Crippen molar-refractivity contribution in [2.24, 2.45) is 0 Å². The van der Waals surface area contributed by atoms with Gasteiger partial charge in [-0.05, 0) is 29.8 Å². The van der Waals surface area contributed by atoms with Crippen LogP contribution in [-0.2, 0) is 11.3 Å². The third-order valence-corrected chi connectivity index (χ3v) is 4.35. The van der Waals surface area contributed by atoms with Crippen LogP contribution in [0.25, 0.3) is 11.0 Å². The smallest absolute Gasteiger partial charge is 0.257 e. The quantitative estimate of drug-likeness (QED) is 0.548. The highest BCUT2D eigenvalue weighted by Crippen LogP contribution is 2.18. The summed E-state index contributed by atoms with van der Waals surface area (Å²) in [5.74, 6) is -0.453. The van der Waals surface area contributed by atoms with E-state index in [0.29, 0.717) is 23.5 Å². The average Bonchev–Trinajstić information content (AvgIpc) is 3.10. The predicted molar refractivity (Wildman–Crippen MR) is 112 cm³/mol. The zero-order valence-corrected chi connectivity index (χ0v) is 15.8. The molecule has 7 heteroatoms. The normalized spacial score (nSPS) is 10.7. The fourth-order valence-electron chi connectivity index (χ4n) is 3.05. The highest BCUT2D eigenvalue weighted by Gasteiger charge is 2.11. The number of anilines is 2. The predicted octanol–water partition coefficient (Wildman–Crippen LogP) is 3.69. The van der Waals surface area contributed by atoms with Crippen molar-refractivity contribution in [3.8, 4) is 0 Å². The van der Waals surface area contributed by atoms with E-state index in [0.717, 1.165) is 16.6 Å². The van der Waals surface area contributed by atoms with E-state index in [-0.39, 0.29) is 11.8 Å². The SMILES string of the molecule is CC(=O)Nc1cccc(NC(=O)c2cnc3c(cnn3Cc3ccccc3)c2)c1. The summed E-state index contributed by atoms with van der Waals surface area (Å²) in [6, 6.07) is 18.7. The van der Waals surface area contributed by atoms with E-state index in [1.807, 2.05) is 35.0 Å². The molecule has 0 saturated carbocycles. The van der Waals surface area contributed by atoms with E-state index in [1.165, 1.54) is 6.92 Å². The van der Waals surface area contributed by atoms with Gasteiger partial charge >= 0.3 is 0 Å². The third-order valence-electron chi connectivity index (χ3n) is 4.35. The van der Waals surface area contributed by atoms with Crippen molar-refractivity contribution >= 4 is 34.2 Å². The van der Waals surface area contributed by atoms with Gasteiger partial charge in [-0.15, -0.1) is 0 Å². The lowest BCUT2D eigenvalue weighted by atomic mass is 10.2. The second kappa shape index (κ2) is 7.93. The number of nitrogens with one attached hydrogen (secondary N) is 2. The Morgan fingerprint density at radius 3 is 2.45 bits per heavy atom. The van der Waals surface area contributed by atoms with Crippen molar-refractivity contribution in [2.45, 2.75) is 13.5 Å². The lowest BCUT2D eigenvalue weighted by molar-refractivity contribution is -0.114. The topological polar surface area (TPSA) is 88.9 Å². The van der Waals surface area contributed by atoms with E-state index in [4.69, 9.17) is 0 Å². The Morgan fingerprint density at radius 2 is 1.69 bits per heavy atom. The van der Waals surface area contributed by atoms with Crippen molar-refractivity contribution in [3.63, 3.8) is 0 Å². The zero-order chi connectivity index (χ0) is 20.2. The summed E-state index contributed by atoms with van der Waals surface area (Å²) < 4.78 is 1.81. The Balaban J connectivity index is 1.52. The summed E-state index contributed by atoms with van der Waals surface area (Å²) in [5.41, 5.74) is 3.48. The number of hydrogen-bond donors (Lipinski definition) is 2. The molecular formula is C22H19N5O2. The highest BCUT2D eigenvalue weighted by atomic mass is 16.2. The van der Waals surface area contributed by atoms with Gasteiger partial charge in [0.2, 0.25) is 5.91 Å². The number of nitrogens with zero attached hydrogens (tertiary/aromatic N) is 3. The average molecular weight is 385 g/mol. The van der Waals surface area contributed by atoms with Crippen LogP contribution in [0.2, 0.25) is 0 Å². The van der Waals surface area contributed by atoms with Gasteiger partial charge in [0.05, 0.1) is 18.3 Å². The van der Waals surface area contributed by atoms with Crippen LogP contribution in [0.5, 0.6) is 0 Å². The molecule has 2 amide bonds. The first kappa shape index (κ1) is 18.4. The van der Waals surface area contributed by atoms with E-state index in [9.17, 15) is 9.59 Å². The van der Waals surface area contributed by atoms with Crippen LogP contribution in [0, 0.1) is 0 Å². The summed E-state index contributed by atoms with van der Waals surface area (Å²) in [4.78, 5) is 28.3. The van der Waals surface area contributed by atoms with Crippen LogP contribution >= 0.6 is 0 Å². The summed E-state index contributed by atoms with van der Waals surface area (Å²) in [5, 5.41) is 10.7. The van der Waals surface area contributed by atoms with Gasteiger partial charge in [0.25, 0.3) is 5.91 Å². The Kier molecular flexibility index (Phi) is 5.03. The molecule has 4 aromatic rings. The first-order chi connectivity index (χ1) is 14.1. The molecular weight excluding hydrogens is 366 g/mol. The molecule has 2 aromatic carbocycles. The van der Waals surface area contributed by atoms with Gasteiger partial charge in [-0.1, -0.05) is 36.4 Å². The van der Waals surface area contributed by atoms with Gasteiger partial charge in [0, 0.05) is 29.9 Å². The van der Waals surface area contributed by atoms with E-state index in [1.54, 1.807) is 42.7 Å². The molecule has 0 atom stereocenters. The minimum absolute atomic E-state index is 0.171. The number of pyridine rings is 1. The fourth-order valence-corrected chi connectivity index (χ4v) is 3.05. The Hall–Kier alpha value is -4.00. The second-order valence-corrected chi connectivity index (χ2v) is 6.64. The number of benzene rings is 2. The number of hydrogen-bond acceptors (Lipinski definition) is 4. The summed E-state index contributed by atoms with van der Waals surface area (Å²) in [6.07, 6.45) is 3.25. The van der Waals surface area contributed by atoms with Gasteiger partial charge in [-0.25, -0.2) is 9.67 Å². The van der Waals surface area contributed by atoms with Gasteiger partial charge in [-0.3, -0.25) is 9.59 Å². The molecule has 0 radical (unpaired) electrons. The molecule has 0 saturated heterocycles. The minimum Gasteiger partial charge on any atom is -0.326 e. The molecule has 7 nitrogen and oxygen atoms in total. The number of carbonyl (C=O) groups is 2. The molecule has 29 heavy (non-hydrogen) atoms. The van der Waals surface area contributed by atoms with Gasteiger partial charge in [0.15, 0.2) is 5.65 Å². The van der Waals surface area contributed by atoms with Crippen LogP contribution in [0.15, 0.2) is 73.1 Å². The van der Waals surface area contributed by atoms with Crippen LogP contribution in [0.3, 0.4) is 0 Å². The number of rotatable bonds is 5. The largest absolute Gasteiger partial charge is 0.326 e. The number of amides is 2. The Morgan fingerprint density at radius 1 is 0.931 bits per heavy atom. The zero-order valence-electron chi connectivity index (χ0n) is 15.8. The molecule has 0 aliphatic heterocycles. The molecule has 2 heterocycles. The van der Waals surface area contributed by atoms with Crippen molar-refractivity contribution in [2.75, 3.05) is 10.6 Å². The molecule has 0 fully saturated rings. The Bertz CT molecular complexity index is 1180. The second-order valence-electron chi connectivity index (χ2n) is 6.64. The van der Waals surface area contributed by atoms with E-state index < -0.39 is 0 Å². The summed E-state index contributed by atoms with van der Waals surface area (Å²) >= 11 is 0. The maximum absolute atomic E-state index is 12.6. The lowest BCUT2D eigenvalue weighted by Crippen LogP contribution is -2.13. The first-order valence-corrected chi connectivity index (χ1v) is 9.13. The van der Waals surface area contributed by atoms with Gasteiger partial charge in [0.1, 0.15) is 0 Å². The number of fused-ring (bicyclic) bond motifs is 1. The number of aromatic nitrogens is 3. The van der Waals surface area contributed by atoms with Crippen molar-refractivity contribution in [3.05, 3.63) is 84.2 Å². The minimum atomic E-state index is -0.282. The summed E-state index contributed by atoms with van der Waals surface area (Å²) in [7, 11) is 0. The van der Waals surface area contributed by atoms with E-state index >= 15 is 0 Å². The number of carbonyl (C=O) groups excluding carboxylic acids is 2.